The highest BCUT2D eigenvalue weighted by Gasteiger charge is 2.02. The molecule has 0 atom stereocenters. The van der Waals surface area contributed by atoms with Crippen molar-refractivity contribution in [2.45, 2.75) is 18.9 Å². The van der Waals surface area contributed by atoms with Gasteiger partial charge in [0.2, 0.25) is 0 Å². The maximum atomic E-state index is 4.57. The number of rotatable bonds is 3. The zero-order valence-corrected chi connectivity index (χ0v) is 10.3. The Kier molecular flexibility index (Phi) is 3.57. The highest BCUT2D eigenvalue weighted by molar-refractivity contribution is 7.99. The summed E-state index contributed by atoms with van der Waals surface area (Å²) >= 11 is 1.75. The Bertz CT molecular complexity index is 483. The minimum Gasteiger partial charge on any atom is -0.251 e. The number of aryl methyl sites for hydroxylation is 1. The van der Waals surface area contributed by atoms with Gasteiger partial charge >= 0.3 is 0 Å². The SMILES string of the molecule is CCSc1cccc(-c2cccc(C)n2)n1. The van der Waals surface area contributed by atoms with Gasteiger partial charge < -0.3 is 0 Å². The molecule has 2 rings (SSSR count). The van der Waals surface area contributed by atoms with E-state index >= 15 is 0 Å². The summed E-state index contributed by atoms with van der Waals surface area (Å²) in [5.41, 5.74) is 2.91. The average Bonchev–Trinajstić information content (AvgIpc) is 2.30. The van der Waals surface area contributed by atoms with E-state index in [0.29, 0.717) is 0 Å². The summed E-state index contributed by atoms with van der Waals surface area (Å²) < 4.78 is 0. The number of thioether (sulfide) groups is 1. The van der Waals surface area contributed by atoms with Crippen LogP contribution >= 0.6 is 11.8 Å². The van der Waals surface area contributed by atoms with Crippen LogP contribution in [0.15, 0.2) is 41.4 Å². The first-order chi connectivity index (χ1) is 7.79. The van der Waals surface area contributed by atoms with E-state index in [0.717, 1.165) is 27.9 Å². The van der Waals surface area contributed by atoms with Crippen LogP contribution < -0.4 is 0 Å². The van der Waals surface area contributed by atoms with Crippen molar-refractivity contribution in [3.8, 4) is 11.4 Å². The first-order valence-electron chi connectivity index (χ1n) is 5.33. The fourth-order valence-electron chi connectivity index (χ4n) is 1.47. The lowest BCUT2D eigenvalue weighted by molar-refractivity contribution is 1.11. The molecule has 0 amide bonds. The topological polar surface area (TPSA) is 25.8 Å². The van der Waals surface area contributed by atoms with Crippen LogP contribution in [0.2, 0.25) is 0 Å². The molecule has 2 aromatic rings. The zero-order chi connectivity index (χ0) is 11.4. The molecule has 0 aliphatic heterocycles. The Morgan fingerprint density at radius 2 is 1.69 bits per heavy atom. The van der Waals surface area contributed by atoms with Crippen molar-refractivity contribution in [3.63, 3.8) is 0 Å². The van der Waals surface area contributed by atoms with Crippen molar-refractivity contribution in [2.24, 2.45) is 0 Å². The molecule has 0 aliphatic carbocycles. The Morgan fingerprint density at radius 1 is 1.00 bits per heavy atom. The second-order valence-electron chi connectivity index (χ2n) is 3.46. The van der Waals surface area contributed by atoms with E-state index in [4.69, 9.17) is 0 Å². The van der Waals surface area contributed by atoms with Gasteiger partial charge in [-0.25, -0.2) is 4.98 Å². The van der Waals surface area contributed by atoms with Crippen molar-refractivity contribution in [1.82, 2.24) is 9.97 Å². The van der Waals surface area contributed by atoms with E-state index in [1.165, 1.54) is 0 Å². The summed E-state index contributed by atoms with van der Waals surface area (Å²) in [6.07, 6.45) is 0. The first-order valence-corrected chi connectivity index (χ1v) is 6.32. The molecular formula is C13H14N2S. The normalized spacial score (nSPS) is 10.4. The Labute approximate surface area is 100 Å². The lowest BCUT2D eigenvalue weighted by Gasteiger charge is -2.03. The van der Waals surface area contributed by atoms with Crippen LogP contribution in [0, 0.1) is 6.92 Å². The smallest absolute Gasteiger partial charge is 0.0967 e. The number of pyridine rings is 2. The summed E-state index contributed by atoms with van der Waals surface area (Å²) in [5, 5.41) is 1.06. The van der Waals surface area contributed by atoms with Crippen molar-refractivity contribution >= 4 is 11.8 Å². The van der Waals surface area contributed by atoms with E-state index in [-0.39, 0.29) is 0 Å². The number of hydrogen-bond acceptors (Lipinski definition) is 3. The summed E-state index contributed by atoms with van der Waals surface area (Å²) in [6, 6.07) is 12.1. The van der Waals surface area contributed by atoms with Gasteiger partial charge in [0.25, 0.3) is 0 Å². The molecular weight excluding hydrogens is 216 g/mol. The van der Waals surface area contributed by atoms with E-state index in [9.17, 15) is 0 Å². The molecule has 0 fully saturated rings. The molecule has 0 N–H and O–H groups in total. The summed E-state index contributed by atoms with van der Waals surface area (Å²) in [7, 11) is 0. The molecule has 2 heterocycles. The van der Waals surface area contributed by atoms with Crippen LogP contribution in [0.25, 0.3) is 11.4 Å². The van der Waals surface area contributed by atoms with Crippen molar-refractivity contribution in [2.75, 3.05) is 5.75 Å². The van der Waals surface area contributed by atoms with Gasteiger partial charge in [0.1, 0.15) is 0 Å². The maximum Gasteiger partial charge on any atom is 0.0967 e. The molecule has 2 aromatic heterocycles. The van der Waals surface area contributed by atoms with Crippen LogP contribution in [0.4, 0.5) is 0 Å². The monoisotopic (exact) mass is 230 g/mol. The Balaban J connectivity index is 2.36. The minimum absolute atomic E-state index is 0.943. The molecule has 0 unspecified atom stereocenters. The van der Waals surface area contributed by atoms with Crippen LogP contribution in [0.1, 0.15) is 12.6 Å². The summed E-state index contributed by atoms with van der Waals surface area (Å²) in [5.74, 6) is 1.04. The van der Waals surface area contributed by atoms with Gasteiger partial charge in [0.05, 0.1) is 16.4 Å². The highest BCUT2D eigenvalue weighted by atomic mass is 32.2. The van der Waals surface area contributed by atoms with Crippen LogP contribution in [-0.4, -0.2) is 15.7 Å². The molecule has 0 aliphatic rings. The lowest BCUT2D eigenvalue weighted by Crippen LogP contribution is -1.90. The van der Waals surface area contributed by atoms with Crippen LogP contribution in [-0.2, 0) is 0 Å². The van der Waals surface area contributed by atoms with Gasteiger partial charge in [0, 0.05) is 5.69 Å². The predicted molar refractivity (Wildman–Crippen MR) is 68.6 cm³/mol. The van der Waals surface area contributed by atoms with E-state index in [1.807, 2.05) is 43.3 Å². The van der Waals surface area contributed by atoms with Gasteiger partial charge in [-0.3, -0.25) is 4.98 Å². The van der Waals surface area contributed by atoms with Gasteiger partial charge in [-0.2, -0.15) is 0 Å². The van der Waals surface area contributed by atoms with Gasteiger partial charge in [-0.05, 0) is 36.9 Å². The van der Waals surface area contributed by atoms with Gasteiger partial charge in [0.15, 0.2) is 0 Å². The molecule has 3 heteroatoms. The lowest BCUT2D eigenvalue weighted by atomic mass is 10.2. The predicted octanol–water partition coefficient (Wildman–Crippen LogP) is 3.56. The minimum atomic E-state index is 0.943. The van der Waals surface area contributed by atoms with E-state index in [1.54, 1.807) is 11.8 Å². The Hall–Kier alpha value is -1.35. The molecule has 2 nitrogen and oxygen atoms in total. The van der Waals surface area contributed by atoms with Gasteiger partial charge in [-0.15, -0.1) is 11.8 Å². The molecule has 0 bridgehead atoms. The van der Waals surface area contributed by atoms with Crippen LogP contribution in [0.5, 0.6) is 0 Å². The van der Waals surface area contributed by atoms with E-state index < -0.39 is 0 Å². The Morgan fingerprint density at radius 3 is 2.38 bits per heavy atom. The molecule has 0 radical (unpaired) electrons. The van der Waals surface area contributed by atoms with Crippen molar-refractivity contribution < 1.29 is 0 Å². The molecule has 16 heavy (non-hydrogen) atoms. The molecule has 0 aromatic carbocycles. The standard InChI is InChI=1S/C13H14N2S/c1-3-16-13-9-5-8-12(15-13)11-7-4-6-10(2)14-11/h4-9H,3H2,1-2H3. The van der Waals surface area contributed by atoms with E-state index in [2.05, 4.69) is 16.9 Å². The summed E-state index contributed by atoms with van der Waals surface area (Å²) in [6.45, 7) is 4.12. The maximum absolute atomic E-state index is 4.57. The highest BCUT2D eigenvalue weighted by Crippen LogP contribution is 2.20. The molecule has 82 valence electrons. The quantitative estimate of drug-likeness (QED) is 0.754. The number of aromatic nitrogens is 2. The largest absolute Gasteiger partial charge is 0.251 e. The second kappa shape index (κ2) is 5.12. The second-order valence-corrected chi connectivity index (χ2v) is 4.74. The molecule has 0 spiro atoms. The van der Waals surface area contributed by atoms with Crippen molar-refractivity contribution in [3.05, 3.63) is 42.1 Å². The first kappa shape index (κ1) is 11.1. The third-order valence-electron chi connectivity index (χ3n) is 2.17. The fourth-order valence-corrected chi connectivity index (χ4v) is 2.10. The van der Waals surface area contributed by atoms with Crippen LogP contribution in [0.3, 0.4) is 0 Å². The number of hydrogen-bond donors (Lipinski definition) is 0. The summed E-state index contributed by atoms with van der Waals surface area (Å²) in [4.78, 5) is 9.05. The average molecular weight is 230 g/mol. The van der Waals surface area contributed by atoms with Crippen molar-refractivity contribution in [1.29, 1.82) is 0 Å². The fraction of sp³-hybridized carbons (Fsp3) is 0.231. The zero-order valence-electron chi connectivity index (χ0n) is 9.47. The third-order valence-corrected chi connectivity index (χ3v) is 2.98. The third kappa shape index (κ3) is 2.61. The number of nitrogens with zero attached hydrogens (tertiary/aromatic N) is 2. The molecule has 0 saturated carbocycles. The van der Waals surface area contributed by atoms with Gasteiger partial charge in [-0.1, -0.05) is 19.1 Å². The molecule has 0 saturated heterocycles.